The summed E-state index contributed by atoms with van der Waals surface area (Å²) in [6.07, 6.45) is 3.40. The third-order valence-corrected chi connectivity index (χ3v) is 2.57. The summed E-state index contributed by atoms with van der Waals surface area (Å²) in [5, 5.41) is 0. The highest BCUT2D eigenvalue weighted by molar-refractivity contribution is 7.85. The van der Waals surface area contributed by atoms with E-state index in [4.69, 9.17) is 4.55 Å². The zero-order chi connectivity index (χ0) is 10.3. The van der Waals surface area contributed by atoms with Crippen molar-refractivity contribution in [2.24, 2.45) is 0 Å². The second-order valence-corrected chi connectivity index (χ2v) is 4.87. The van der Waals surface area contributed by atoms with E-state index >= 15 is 0 Å². The molecule has 0 radical (unpaired) electrons. The first kappa shape index (κ1) is 12.9. The van der Waals surface area contributed by atoms with E-state index < -0.39 is 10.1 Å². The Morgan fingerprint density at radius 1 is 1.23 bits per heavy atom. The predicted molar refractivity (Wildman–Crippen MR) is 53.4 cm³/mol. The first-order chi connectivity index (χ1) is 5.95. The molecule has 0 fully saturated rings. The molecule has 13 heavy (non-hydrogen) atoms. The maximum absolute atomic E-state index is 10.4. The molecule has 0 aromatic heterocycles. The molecule has 0 bridgehead atoms. The molecule has 0 rings (SSSR count). The van der Waals surface area contributed by atoms with Crippen LogP contribution < -0.4 is 0 Å². The summed E-state index contributed by atoms with van der Waals surface area (Å²) >= 11 is 0. The first-order valence-electron chi connectivity index (χ1n) is 4.59. The number of nitrogens with zero attached hydrogens (tertiary/aromatic N) is 1. The van der Waals surface area contributed by atoms with Crippen LogP contribution in [0.1, 0.15) is 26.2 Å². The van der Waals surface area contributed by atoms with Gasteiger partial charge in [0.05, 0.1) is 5.75 Å². The molecule has 0 atom stereocenters. The Kier molecular flexibility index (Phi) is 6.28. The lowest BCUT2D eigenvalue weighted by Gasteiger charge is -2.14. The van der Waals surface area contributed by atoms with Crippen molar-refractivity contribution in [1.82, 2.24) is 4.90 Å². The van der Waals surface area contributed by atoms with E-state index in [1.807, 2.05) is 11.9 Å². The van der Waals surface area contributed by atoms with Crippen molar-refractivity contribution in [1.29, 1.82) is 0 Å². The average molecular weight is 209 g/mol. The summed E-state index contributed by atoms with van der Waals surface area (Å²) in [4.78, 5) is 1.92. The molecule has 0 aliphatic heterocycles. The van der Waals surface area contributed by atoms with Crippen LogP contribution in [0.2, 0.25) is 0 Å². The summed E-state index contributed by atoms with van der Waals surface area (Å²) < 4.78 is 29.3. The van der Waals surface area contributed by atoms with Gasteiger partial charge in [-0.2, -0.15) is 8.42 Å². The highest BCUT2D eigenvalue weighted by Gasteiger charge is 2.06. The minimum Gasteiger partial charge on any atom is -0.305 e. The molecular formula is C8H19NO3S. The normalized spacial score (nSPS) is 12.3. The molecule has 0 spiro atoms. The van der Waals surface area contributed by atoms with Crippen LogP contribution in [0.15, 0.2) is 0 Å². The van der Waals surface area contributed by atoms with Crippen molar-refractivity contribution in [3.63, 3.8) is 0 Å². The van der Waals surface area contributed by atoms with E-state index in [9.17, 15) is 8.42 Å². The zero-order valence-electron chi connectivity index (χ0n) is 8.36. The van der Waals surface area contributed by atoms with Gasteiger partial charge < -0.3 is 4.90 Å². The smallest absolute Gasteiger partial charge is 0.266 e. The van der Waals surface area contributed by atoms with Gasteiger partial charge in [0, 0.05) is 6.54 Å². The Morgan fingerprint density at radius 2 is 1.85 bits per heavy atom. The Labute approximate surface area is 80.7 Å². The third kappa shape index (κ3) is 9.79. The van der Waals surface area contributed by atoms with Crippen LogP contribution >= 0.6 is 0 Å². The second kappa shape index (κ2) is 6.34. The molecule has 0 saturated carbocycles. The molecule has 80 valence electrons. The van der Waals surface area contributed by atoms with E-state index in [2.05, 4.69) is 6.92 Å². The topological polar surface area (TPSA) is 57.6 Å². The molecule has 1 N–H and O–H groups in total. The summed E-state index contributed by atoms with van der Waals surface area (Å²) in [7, 11) is -1.93. The van der Waals surface area contributed by atoms with Gasteiger partial charge in [0.1, 0.15) is 0 Å². The van der Waals surface area contributed by atoms with E-state index in [1.54, 1.807) is 0 Å². The van der Waals surface area contributed by atoms with Gasteiger partial charge in [-0.05, 0) is 20.0 Å². The quantitative estimate of drug-likeness (QED) is 0.502. The van der Waals surface area contributed by atoms with Gasteiger partial charge in [0.2, 0.25) is 0 Å². The van der Waals surface area contributed by atoms with Gasteiger partial charge >= 0.3 is 0 Å². The Balaban J connectivity index is 3.46. The second-order valence-electron chi connectivity index (χ2n) is 3.30. The lowest BCUT2D eigenvalue weighted by molar-refractivity contribution is 0.339. The maximum atomic E-state index is 10.4. The lowest BCUT2D eigenvalue weighted by atomic mass is 10.2. The average Bonchev–Trinajstić information content (AvgIpc) is 2.00. The SMILES string of the molecule is CCCCCN(C)CCS(=O)(=O)O. The van der Waals surface area contributed by atoms with Gasteiger partial charge in [-0.15, -0.1) is 0 Å². The Morgan fingerprint density at radius 3 is 2.31 bits per heavy atom. The number of rotatable bonds is 7. The standard InChI is InChI=1S/C8H19NO3S/c1-3-4-5-6-9(2)7-8-13(10,11)12/h3-8H2,1-2H3,(H,10,11,12). The van der Waals surface area contributed by atoms with Crippen LogP contribution in [0.3, 0.4) is 0 Å². The van der Waals surface area contributed by atoms with Crippen LogP contribution in [0.4, 0.5) is 0 Å². The molecule has 0 heterocycles. The summed E-state index contributed by atoms with van der Waals surface area (Å²) in [5.74, 6) is -0.171. The molecular weight excluding hydrogens is 190 g/mol. The number of unbranched alkanes of at least 4 members (excludes halogenated alkanes) is 2. The predicted octanol–water partition coefficient (Wildman–Crippen LogP) is 0.996. The molecule has 4 nitrogen and oxygen atoms in total. The van der Waals surface area contributed by atoms with Crippen molar-refractivity contribution < 1.29 is 13.0 Å². The Bertz CT molecular complexity index is 213. The molecule has 0 aromatic carbocycles. The van der Waals surface area contributed by atoms with Crippen LogP contribution in [0.25, 0.3) is 0 Å². The maximum Gasteiger partial charge on any atom is 0.266 e. The van der Waals surface area contributed by atoms with Gasteiger partial charge in [0.15, 0.2) is 0 Å². The molecule has 0 amide bonds. The van der Waals surface area contributed by atoms with Gasteiger partial charge in [0.25, 0.3) is 10.1 Å². The number of hydrogen-bond acceptors (Lipinski definition) is 3. The van der Waals surface area contributed by atoms with Crippen molar-refractivity contribution in [2.75, 3.05) is 25.9 Å². The molecule has 5 heteroatoms. The largest absolute Gasteiger partial charge is 0.305 e. The highest BCUT2D eigenvalue weighted by atomic mass is 32.2. The van der Waals surface area contributed by atoms with Crippen molar-refractivity contribution in [2.45, 2.75) is 26.2 Å². The van der Waals surface area contributed by atoms with Crippen LogP contribution in [-0.4, -0.2) is 43.8 Å². The molecule has 0 aromatic rings. The first-order valence-corrected chi connectivity index (χ1v) is 6.20. The van der Waals surface area contributed by atoms with Crippen LogP contribution in [0, 0.1) is 0 Å². The van der Waals surface area contributed by atoms with E-state index in [-0.39, 0.29) is 5.75 Å². The van der Waals surface area contributed by atoms with E-state index in [0.29, 0.717) is 6.54 Å². The molecule has 0 aliphatic rings. The minimum atomic E-state index is -3.79. The van der Waals surface area contributed by atoms with Crippen LogP contribution in [0.5, 0.6) is 0 Å². The number of hydrogen-bond donors (Lipinski definition) is 1. The monoisotopic (exact) mass is 209 g/mol. The van der Waals surface area contributed by atoms with Crippen molar-refractivity contribution in [3.8, 4) is 0 Å². The molecule has 0 saturated heterocycles. The van der Waals surface area contributed by atoms with Crippen molar-refractivity contribution >= 4 is 10.1 Å². The fraction of sp³-hybridized carbons (Fsp3) is 1.00. The lowest BCUT2D eigenvalue weighted by Crippen LogP contribution is -2.26. The van der Waals surface area contributed by atoms with E-state index in [1.165, 1.54) is 0 Å². The molecule has 0 aliphatic carbocycles. The van der Waals surface area contributed by atoms with Crippen LogP contribution in [-0.2, 0) is 10.1 Å². The fourth-order valence-electron chi connectivity index (χ4n) is 1.01. The van der Waals surface area contributed by atoms with Gasteiger partial charge in [-0.25, -0.2) is 0 Å². The summed E-state index contributed by atoms with van der Waals surface area (Å²) in [6, 6.07) is 0. The van der Waals surface area contributed by atoms with Crippen molar-refractivity contribution in [3.05, 3.63) is 0 Å². The molecule has 0 unspecified atom stereocenters. The summed E-state index contributed by atoms with van der Waals surface area (Å²) in [5.41, 5.74) is 0. The van der Waals surface area contributed by atoms with E-state index in [0.717, 1.165) is 25.8 Å². The third-order valence-electron chi connectivity index (χ3n) is 1.87. The summed E-state index contributed by atoms with van der Waals surface area (Å²) in [6.45, 7) is 3.42. The fourth-order valence-corrected chi connectivity index (χ4v) is 1.56. The highest BCUT2D eigenvalue weighted by Crippen LogP contribution is 1.96. The van der Waals surface area contributed by atoms with Gasteiger partial charge in [-0.3, -0.25) is 4.55 Å². The Hall–Kier alpha value is -0.130. The zero-order valence-corrected chi connectivity index (χ0v) is 9.18. The minimum absolute atomic E-state index is 0.171. The van der Waals surface area contributed by atoms with Gasteiger partial charge in [-0.1, -0.05) is 19.8 Å².